The van der Waals surface area contributed by atoms with Crippen molar-refractivity contribution in [2.75, 3.05) is 12.3 Å². The van der Waals surface area contributed by atoms with E-state index in [1.54, 1.807) is 12.3 Å². The van der Waals surface area contributed by atoms with Gasteiger partial charge in [-0.1, -0.05) is 17.7 Å². The number of halogens is 1. The molecule has 3 fully saturated rings. The van der Waals surface area contributed by atoms with Crippen molar-refractivity contribution in [1.82, 2.24) is 24.1 Å². The van der Waals surface area contributed by atoms with E-state index >= 15 is 0 Å². The van der Waals surface area contributed by atoms with Crippen LogP contribution in [0.3, 0.4) is 0 Å². The number of hydrogen-bond donors (Lipinski definition) is 3. The molecule has 1 aromatic carbocycles. The summed E-state index contributed by atoms with van der Waals surface area (Å²) >= 11 is 6.24. The second-order valence-corrected chi connectivity index (χ2v) is 10.1. The van der Waals surface area contributed by atoms with Gasteiger partial charge in [-0.2, -0.15) is 0 Å². The molecule has 2 aromatic heterocycles. The molecule has 0 amide bonds. The van der Waals surface area contributed by atoms with Gasteiger partial charge in [0.25, 0.3) is 0 Å². The Morgan fingerprint density at radius 1 is 1.28 bits per heavy atom. The highest BCUT2D eigenvalue weighted by atomic mass is 35.5. The van der Waals surface area contributed by atoms with Crippen LogP contribution < -0.4 is 10.5 Å². The van der Waals surface area contributed by atoms with E-state index < -0.39 is 15.6 Å². The summed E-state index contributed by atoms with van der Waals surface area (Å²) in [5.41, 5.74) is 6.28. The molecule has 152 valence electrons. The van der Waals surface area contributed by atoms with Crippen molar-refractivity contribution in [3.8, 4) is 11.3 Å². The fourth-order valence-electron chi connectivity index (χ4n) is 4.74. The van der Waals surface area contributed by atoms with Gasteiger partial charge >= 0.3 is 0 Å². The quantitative estimate of drug-likeness (QED) is 0.555. The largest absolute Gasteiger partial charge is 0.396 e. The Labute approximate surface area is 172 Å². The molecule has 0 unspecified atom stereocenters. The zero-order valence-corrected chi connectivity index (χ0v) is 16.9. The van der Waals surface area contributed by atoms with E-state index in [4.69, 9.17) is 17.3 Å². The third-order valence-corrected chi connectivity index (χ3v) is 8.12. The number of nitrogen functional groups attached to an aromatic ring is 1. The van der Waals surface area contributed by atoms with Crippen molar-refractivity contribution in [2.45, 2.75) is 36.1 Å². The van der Waals surface area contributed by atoms with Crippen LogP contribution in [0.15, 0.2) is 35.6 Å². The molecule has 3 aliphatic carbocycles. The summed E-state index contributed by atoms with van der Waals surface area (Å²) in [4.78, 5) is 12.4. The number of rotatable bonds is 5. The van der Waals surface area contributed by atoms with Gasteiger partial charge in [0.2, 0.25) is 21.7 Å². The minimum atomic E-state index is -3.85. The van der Waals surface area contributed by atoms with Crippen LogP contribution in [0.25, 0.3) is 17.0 Å². The van der Waals surface area contributed by atoms with Crippen molar-refractivity contribution < 1.29 is 13.5 Å². The van der Waals surface area contributed by atoms with E-state index in [0.29, 0.717) is 36.3 Å². The number of aliphatic hydroxyl groups is 1. The van der Waals surface area contributed by atoms with Crippen LogP contribution in [0.1, 0.15) is 25.7 Å². The lowest BCUT2D eigenvalue weighted by Gasteiger charge is -2.46. The minimum absolute atomic E-state index is 0.00412. The standard InChI is InChI=1S/C18H19ClN6O3S/c19-12-2-1-11(13-6-25-15(20)21-10-22-16(25)23-13)5-14(12)29(27,28)24-18-4-3-17(7-18,8-18)9-26/h1-2,5-6,10,24,26H,3-4,7-9H2,(H2,20,21,22,23). The van der Waals surface area contributed by atoms with Gasteiger partial charge in [-0.25, -0.2) is 28.1 Å². The van der Waals surface area contributed by atoms with Crippen LogP contribution in [0.2, 0.25) is 5.02 Å². The van der Waals surface area contributed by atoms with Gasteiger partial charge in [0.15, 0.2) is 0 Å². The Balaban J connectivity index is 1.50. The molecule has 2 heterocycles. The first-order valence-electron chi connectivity index (χ1n) is 9.15. The predicted molar refractivity (Wildman–Crippen MR) is 107 cm³/mol. The van der Waals surface area contributed by atoms with Crippen molar-refractivity contribution in [3.63, 3.8) is 0 Å². The highest BCUT2D eigenvalue weighted by Gasteiger charge is 2.61. The second-order valence-electron chi connectivity index (χ2n) is 8.07. The second kappa shape index (κ2) is 6.11. The third-order valence-electron chi connectivity index (χ3n) is 6.06. The number of hydrogen-bond acceptors (Lipinski definition) is 7. The lowest BCUT2D eigenvalue weighted by atomic mass is 9.66. The first-order valence-corrected chi connectivity index (χ1v) is 11.0. The maximum absolute atomic E-state index is 13.1. The Bertz CT molecular complexity index is 1240. The smallest absolute Gasteiger partial charge is 0.242 e. The van der Waals surface area contributed by atoms with Crippen LogP contribution >= 0.6 is 11.6 Å². The molecule has 9 nitrogen and oxygen atoms in total. The van der Waals surface area contributed by atoms with Crippen molar-refractivity contribution in [1.29, 1.82) is 0 Å². The Morgan fingerprint density at radius 2 is 2.07 bits per heavy atom. The van der Waals surface area contributed by atoms with Crippen LogP contribution in [0.4, 0.5) is 5.95 Å². The lowest BCUT2D eigenvalue weighted by molar-refractivity contribution is 0.0336. The molecule has 29 heavy (non-hydrogen) atoms. The number of nitrogens with two attached hydrogens (primary N) is 1. The van der Waals surface area contributed by atoms with Gasteiger partial charge in [-0.15, -0.1) is 0 Å². The molecule has 0 atom stereocenters. The van der Waals surface area contributed by atoms with Crippen molar-refractivity contribution in [3.05, 3.63) is 35.7 Å². The molecular formula is C18H19ClN6O3S. The zero-order valence-electron chi connectivity index (χ0n) is 15.3. The maximum Gasteiger partial charge on any atom is 0.242 e. The number of nitrogens with one attached hydrogen (secondary N) is 1. The van der Waals surface area contributed by atoms with Gasteiger partial charge in [-0.3, -0.25) is 4.40 Å². The van der Waals surface area contributed by atoms with Crippen LogP contribution in [0.5, 0.6) is 0 Å². The highest BCUT2D eigenvalue weighted by molar-refractivity contribution is 7.89. The fraction of sp³-hybridized carbons (Fsp3) is 0.389. The van der Waals surface area contributed by atoms with Crippen molar-refractivity contribution >= 4 is 33.4 Å². The van der Waals surface area contributed by atoms with Crippen LogP contribution in [0, 0.1) is 5.41 Å². The first kappa shape index (κ1) is 18.7. The number of benzene rings is 1. The van der Waals surface area contributed by atoms with E-state index in [9.17, 15) is 13.5 Å². The average Bonchev–Trinajstić information content (AvgIpc) is 3.33. The Hall–Kier alpha value is -2.27. The average molecular weight is 435 g/mol. The number of imidazole rings is 1. The van der Waals surface area contributed by atoms with Crippen LogP contribution in [-0.4, -0.2) is 45.0 Å². The molecular weight excluding hydrogens is 416 g/mol. The first-order chi connectivity index (χ1) is 13.7. The summed E-state index contributed by atoms with van der Waals surface area (Å²) in [7, 11) is -3.85. The number of nitrogens with zero attached hydrogens (tertiary/aromatic N) is 4. The number of fused-ring (bicyclic) bond motifs is 2. The molecule has 6 rings (SSSR count). The highest BCUT2D eigenvalue weighted by Crippen LogP contribution is 2.61. The monoisotopic (exact) mass is 434 g/mol. The van der Waals surface area contributed by atoms with Gasteiger partial charge in [0.1, 0.15) is 11.2 Å². The topological polar surface area (TPSA) is 135 Å². The Kier molecular flexibility index (Phi) is 3.95. The number of sulfonamides is 1. The fourth-order valence-corrected chi connectivity index (χ4v) is 6.69. The van der Waals surface area contributed by atoms with Gasteiger partial charge in [0, 0.05) is 23.9 Å². The van der Waals surface area contributed by atoms with E-state index in [0.717, 1.165) is 6.42 Å². The minimum Gasteiger partial charge on any atom is -0.396 e. The van der Waals surface area contributed by atoms with Gasteiger partial charge < -0.3 is 10.8 Å². The summed E-state index contributed by atoms with van der Waals surface area (Å²) in [5, 5.41) is 9.68. The SMILES string of the molecule is Nc1ncnc2nc(-c3ccc(Cl)c(S(=O)(=O)NC45CCC(CO)(C4)C5)c3)cn12. The zero-order chi connectivity index (χ0) is 20.4. The molecule has 3 aliphatic rings. The molecule has 11 heteroatoms. The molecule has 4 N–H and O–H groups in total. The lowest BCUT2D eigenvalue weighted by Crippen LogP contribution is -2.56. The molecule has 0 saturated heterocycles. The van der Waals surface area contributed by atoms with E-state index in [1.165, 1.54) is 22.9 Å². The molecule has 2 bridgehead atoms. The van der Waals surface area contributed by atoms with Gasteiger partial charge in [0.05, 0.1) is 10.7 Å². The number of anilines is 1. The summed E-state index contributed by atoms with van der Waals surface area (Å²) in [6.07, 6.45) is 5.80. The molecule has 0 aliphatic heterocycles. The van der Waals surface area contributed by atoms with E-state index in [1.807, 2.05) is 0 Å². The Morgan fingerprint density at radius 3 is 2.76 bits per heavy atom. The van der Waals surface area contributed by atoms with E-state index in [-0.39, 0.29) is 27.9 Å². The molecule has 3 saturated carbocycles. The predicted octanol–water partition coefficient (Wildman–Crippen LogP) is 1.61. The van der Waals surface area contributed by atoms with Crippen LogP contribution in [-0.2, 0) is 10.0 Å². The van der Waals surface area contributed by atoms with Crippen molar-refractivity contribution in [2.24, 2.45) is 5.41 Å². The third kappa shape index (κ3) is 2.90. The molecule has 0 spiro atoms. The maximum atomic E-state index is 13.1. The summed E-state index contributed by atoms with van der Waals surface area (Å²) in [6, 6.07) is 4.73. The van der Waals surface area contributed by atoms with Gasteiger partial charge in [-0.05, 0) is 43.2 Å². The molecule has 3 aromatic rings. The molecule has 0 radical (unpaired) electrons. The number of aliphatic hydroxyl groups excluding tert-OH is 1. The summed E-state index contributed by atoms with van der Waals surface area (Å²) in [5.74, 6) is 0.597. The number of aromatic nitrogens is 4. The summed E-state index contributed by atoms with van der Waals surface area (Å²) < 4.78 is 30.6. The van der Waals surface area contributed by atoms with E-state index in [2.05, 4.69) is 19.7 Å². The normalized spacial score (nSPS) is 26.0. The summed E-state index contributed by atoms with van der Waals surface area (Å²) in [6.45, 7) is 0.0899.